The van der Waals surface area contributed by atoms with E-state index in [2.05, 4.69) is 28.4 Å². The molecule has 1 fully saturated rings. The second-order valence-electron chi connectivity index (χ2n) is 8.21. The fraction of sp³-hybridized carbons (Fsp3) is 0.375. The van der Waals surface area contributed by atoms with Crippen LogP contribution >= 0.6 is 0 Å². The van der Waals surface area contributed by atoms with Crippen LogP contribution in [-0.4, -0.2) is 34.5 Å². The van der Waals surface area contributed by atoms with Gasteiger partial charge in [0.05, 0.1) is 0 Å². The highest BCUT2D eigenvalue weighted by molar-refractivity contribution is 6.06. The molecule has 2 aliphatic rings. The normalized spacial score (nSPS) is 17.8. The topological polar surface area (TPSA) is 37.3 Å². The Morgan fingerprint density at radius 2 is 1.79 bits per heavy atom. The highest BCUT2D eigenvalue weighted by Crippen LogP contribution is 2.28. The lowest BCUT2D eigenvalue weighted by Gasteiger charge is -2.36. The van der Waals surface area contributed by atoms with Gasteiger partial charge in [0.25, 0.3) is 5.91 Å². The van der Waals surface area contributed by atoms with Gasteiger partial charge in [0.2, 0.25) is 0 Å². The van der Waals surface area contributed by atoms with Crippen LogP contribution in [0, 0.1) is 0 Å². The zero-order valence-corrected chi connectivity index (χ0v) is 16.4. The molecule has 1 aliphatic heterocycles. The summed E-state index contributed by atoms with van der Waals surface area (Å²) in [6.45, 7) is 2.30. The zero-order chi connectivity index (χ0) is 19.1. The summed E-state index contributed by atoms with van der Waals surface area (Å²) in [5, 5.41) is 4.20. The van der Waals surface area contributed by atoms with Gasteiger partial charge in [0.15, 0.2) is 0 Å². The molecule has 0 saturated heterocycles. The monoisotopic (exact) mass is 373 g/mol. The number of amides is 1. The van der Waals surface area contributed by atoms with Crippen LogP contribution in [0.4, 0.5) is 5.69 Å². The molecule has 1 aromatic heterocycles. The first-order valence-corrected chi connectivity index (χ1v) is 10.4. The summed E-state index contributed by atoms with van der Waals surface area (Å²) >= 11 is 0. The molecule has 144 valence electrons. The van der Waals surface area contributed by atoms with Gasteiger partial charge in [-0.25, -0.2) is 0 Å². The van der Waals surface area contributed by atoms with E-state index >= 15 is 0 Å². The number of carbonyl (C=O) groups is 1. The molecule has 0 unspecified atom stereocenters. The largest absolute Gasteiger partial charge is 0.340 e. The first-order chi connectivity index (χ1) is 13.7. The van der Waals surface area contributed by atoms with Crippen molar-refractivity contribution in [3.8, 4) is 0 Å². The molecule has 0 atom stereocenters. The minimum absolute atomic E-state index is 0.0524. The van der Waals surface area contributed by atoms with Gasteiger partial charge in [-0.2, -0.15) is 0 Å². The molecule has 3 aromatic rings. The van der Waals surface area contributed by atoms with E-state index in [9.17, 15) is 4.79 Å². The summed E-state index contributed by atoms with van der Waals surface area (Å²) in [4.78, 5) is 15.6. The Morgan fingerprint density at radius 3 is 2.54 bits per heavy atom. The van der Waals surface area contributed by atoms with Crippen molar-refractivity contribution in [2.45, 2.75) is 38.1 Å². The van der Waals surface area contributed by atoms with Gasteiger partial charge in [-0.05, 0) is 61.1 Å². The van der Waals surface area contributed by atoms with Gasteiger partial charge >= 0.3 is 0 Å². The smallest absolute Gasteiger partial charge is 0.272 e. The fourth-order valence-electron chi connectivity index (χ4n) is 4.64. The molecule has 4 nitrogen and oxygen atoms in total. The minimum Gasteiger partial charge on any atom is -0.340 e. The number of anilines is 1. The van der Waals surface area contributed by atoms with Crippen molar-refractivity contribution in [3.05, 3.63) is 65.4 Å². The van der Waals surface area contributed by atoms with E-state index in [1.54, 1.807) is 0 Å². The van der Waals surface area contributed by atoms with Crippen LogP contribution in [0.2, 0.25) is 0 Å². The standard InChI is InChI=1S/C24H27N3O/c1-26-22-8-3-2-5-19(22)16-23(26)24(28)25-20-10-9-17-11-13-27(21-6-4-7-21)14-12-18(17)15-20/h2-3,5,8-10,15-16,21H,4,6-7,11-14H2,1H3,(H,25,28). The Balaban J connectivity index is 1.34. The van der Waals surface area contributed by atoms with Crippen molar-refractivity contribution >= 4 is 22.5 Å². The summed E-state index contributed by atoms with van der Waals surface area (Å²) in [5.41, 5.74) is 5.48. The number of aryl methyl sites for hydroxylation is 1. The maximum atomic E-state index is 12.9. The number of aromatic nitrogens is 1. The molecule has 1 N–H and O–H groups in total. The molecular weight excluding hydrogens is 346 g/mol. The third kappa shape index (κ3) is 3.12. The van der Waals surface area contributed by atoms with E-state index in [0.29, 0.717) is 5.69 Å². The third-order valence-corrected chi connectivity index (χ3v) is 6.58. The Labute approximate surface area is 166 Å². The number of para-hydroxylation sites is 1. The van der Waals surface area contributed by atoms with E-state index in [1.165, 1.54) is 36.9 Å². The van der Waals surface area contributed by atoms with Crippen LogP contribution in [0.25, 0.3) is 10.9 Å². The van der Waals surface area contributed by atoms with E-state index in [1.807, 2.05) is 41.9 Å². The van der Waals surface area contributed by atoms with Gasteiger partial charge in [0, 0.05) is 42.8 Å². The molecule has 2 heterocycles. The van der Waals surface area contributed by atoms with E-state index in [-0.39, 0.29) is 5.91 Å². The average Bonchev–Trinajstić information content (AvgIpc) is 2.86. The number of fused-ring (bicyclic) bond motifs is 2. The lowest BCUT2D eigenvalue weighted by molar-refractivity contribution is 0.102. The van der Waals surface area contributed by atoms with E-state index in [4.69, 9.17) is 0 Å². The Kier molecular flexibility index (Phi) is 4.44. The van der Waals surface area contributed by atoms with Gasteiger partial charge in [-0.3, -0.25) is 9.69 Å². The number of rotatable bonds is 3. The summed E-state index contributed by atoms with van der Waals surface area (Å²) in [5.74, 6) is -0.0524. The molecule has 5 rings (SSSR count). The molecule has 0 radical (unpaired) electrons. The first-order valence-electron chi connectivity index (χ1n) is 10.4. The molecule has 4 heteroatoms. The lowest BCUT2D eigenvalue weighted by Crippen LogP contribution is -2.41. The van der Waals surface area contributed by atoms with Crippen molar-refractivity contribution in [2.24, 2.45) is 7.05 Å². The number of hydrogen-bond donors (Lipinski definition) is 1. The molecule has 0 spiro atoms. The summed E-state index contributed by atoms with van der Waals surface area (Å²) in [6, 6.07) is 17.3. The van der Waals surface area contributed by atoms with Gasteiger partial charge in [-0.1, -0.05) is 30.7 Å². The molecule has 0 bridgehead atoms. The minimum atomic E-state index is -0.0524. The molecule has 1 aliphatic carbocycles. The van der Waals surface area contributed by atoms with Crippen LogP contribution < -0.4 is 5.32 Å². The maximum absolute atomic E-state index is 12.9. The van der Waals surface area contributed by atoms with Crippen LogP contribution in [0.1, 0.15) is 40.9 Å². The number of nitrogens with zero attached hydrogens (tertiary/aromatic N) is 2. The Morgan fingerprint density at radius 1 is 1.00 bits per heavy atom. The molecule has 2 aromatic carbocycles. The number of carbonyl (C=O) groups excluding carboxylic acids is 1. The van der Waals surface area contributed by atoms with Crippen molar-refractivity contribution in [3.63, 3.8) is 0 Å². The van der Waals surface area contributed by atoms with E-state index in [0.717, 1.165) is 42.0 Å². The zero-order valence-electron chi connectivity index (χ0n) is 16.4. The highest BCUT2D eigenvalue weighted by Gasteiger charge is 2.26. The SMILES string of the molecule is Cn1c(C(=O)Nc2ccc3c(c2)CCN(C2CCC2)CC3)cc2ccccc21. The second-order valence-corrected chi connectivity index (χ2v) is 8.21. The van der Waals surface area contributed by atoms with Gasteiger partial charge in [-0.15, -0.1) is 0 Å². The average molecular weight is 374 g/mol. The molecular formula is C24H27N3O. The quantitative estimate of drug-likeness (QED) is 0.740. The van der Waals surface area contributed by atoms with Crippen LogP contribution in [0.5, 0.6) is 0 Å². The predicted octanol–water partition coefficient (Wildman–Crippen LogP) is 4.38. The summed E-state index contributed by atoms with van der Waals surface area (Å²) in [6.07, 6.45) is 6.30. The van der Waals surface area contributed by atoms with Crippen molar-refractivity contribution in [2.75, 3.05) is 18.4 Å². The third-order valence-electron chi connectivity index (χ3n) is 6.58. The Hall–Kier alpha value is -2.59. The number of nitrogens with one attached hydrogen (secondary N) is 1. The van der Waals surface area contributed by atoms with Crippen molar-refractivity contribution < 1.29 is 4.79 Å². The predicted molar refractivity (Wildman–Crippen MR) is 114 cm³/mol. The fourth-order valence-corrected chi connectivity index (χ4v) is 4.64. The lowest BCUT2D eigenvalue weighted by atomic mass is 9.91. The Bertz CT molecular complexity index is 1030. The van der Waals surface area contributed by atoms with Gasteiger partial charge < -0.3 is 9.88 Å². The molecule has 1 amide bonds. The maximum Gasteiger partial charge on any atom is 0.272 e. The van der Waals surface area contributed by atoms with Crippen LogP contribution in [0.15, 0.2) is 48.5 Å². The van der Waals surface area contributed by atoms with Crippen molar-refractivity contribution in [1.29, 1.82) is 0 Å². The van der Waals surface area contributed by atoms with Crippen LogP contribution in [0.3, 0.4) is 0 Å². The molecule has 1 saturated carbocycles. The first kappa shape index (κ1) is 17.5. The highest BCUT2D eigenvalue weighted by atomic mass is 16.1. The summed E-state index contributed by atoms with van der Waals surface area (Å²) in [7, 11) is 1.95. The van der Waals surface area contributed by atoms with E-state index < -0.39 is 0 Å². The summed E-state index contributed by atoms with van der Waals surface area (Å²) < 4.78 is 1.96. The van der Waals surface area contributed by atoms with Crippen molar-refractivity contribution in [1.82, 2.24) is 9.47 Å². The van der Waals surface area contributed by atoms with Gasteiger partial charge in [0.1, 0.15) is 5.69 Å². The number of hydrogen-bond acceptors (Lipinski definition) is 2. The molecule has 28 heavy (non-hydrogen) atoms. The van der Waals surface area contributed by atoms with Crippen LogP contribution in [-0.2, 0) is 19.9 Å². The number of benzene rings is 2. The second kappa shape index (κ2) is 7.10.